The Balaban J connectivity index is 1.88. The Morgan fingerprint density at radius 1 is 1.42 bits per heavy atom. The molecule has 0 aromatic carbocycles. The van der Waals surface area contributed by atoms with Crippen LogP contribution in [0.25, 0.3) is 0 Å². The highest BCUT2D eigenvalue weighted by atomic mass is 16.5. The lowest BCUT2D eigenvalue weighted by atomic mass is 9.74. The van der Waals surface area contributed by atoms with Crippen molar-refractivity contribution in [2.75, 3.05) is 26.3 Å². The maximum atomic E-state index is 13.1. The number of carbonyl (C=O) groups excluding carboxylic acids is 1. The van der Waals surface area contributed by atoms with Gasteiger partial charge >= 0.3 is 5.97 Å². The van der Waals surface area contributed by atoms with E-state index in [0.29, 0.717) is 37.4 Å². The summed E-state index contributed by atoms with van der Waals surface area (Å²) in [4.78, 5) is 26.6. The van der Waals surface area contributed by atoms with E-state index in [-0.39, 0.29) is 18.4 Å². The first-order chi connectivity index (χ1) is 11.4. The molecule has 1 aromatic heterocycles. The van der Waals surface area contributed by atoms with Gasteiger partial charge in [0, 0.05) is 37.9 Å². The van der Waals surface area contributed by atoms with E-state index in [2.05, 4.69) is 12.0 Å². The van der Waals surface area contributed by atoms with Gasteiger partial charge in [-0.15, -0.1) is 0 Å². The first-order valence-corrected chi connectivity index (χ1v) is 8.55. The Morgan fingerprint density at radius 3 is 2.79 bits per heavy atom. The molecule has 0 aliphatic carbocycles. The molecule has 132 valence electrons. The Bertz CT molecular complexity index is 669. The van der Waals surface area contributed by atoms with Crippen LogP contribution in [0, 0.1) is 25.2 Å². The Hall–Kier alpha value is -1.89. The van der Waals surface area contributed by atoms with E-state index in [0.717, 1.165) is 18.7 Å². The van der Waals surface area contributed by atoms with E-state index in [1.54, 1.807) is 4.90 Å². The summed E-state index contributed by atoms with van der Waals surface area (Å²) in [6, 6.07) is 0. The third-order valence-corrected chi connectivity index (χ3v) is 5.45. The maximum Gasteiger partial charge on any atom is 0.311 e. The number of amides is 1. The molecular formula is C17H25N3O4. The highest BCUT2D eigenvalue weighted by Gasteiger charge is 2.55. The number of likely N-dealkylation sites (tertiary alicyclic amines) is 1. The summed E-state index contributed by atoms with van der Waals surface area (Å²) in [5, 5.41) is 14.2. The monoisotopic (exact) mass is 335 g/mol. The van der Waals surface area contributed by atoms with Crippen molar-refractivity contribution in [1.82, 2.24) is 14.7 Å². The normalized spacial score (nSPS) is 26.5. The van der Waals surface area contributed by atoms with E-state index in [9.17, 15) is 14.7 Å². The second-order valence-electron chi connectivity index (χ2n) is 6.94. The molecular weight excluding hydrogens is 310 g/mol. The van der Waals surface area contributed by atoms with Gasteiger partial charge in [-0.2, -0.15) is 5.10 Å². The Morgan fingerprint density at radius 2 is 2.17 bits per heavy atom. The van der Waals surface area contributed by atoms with Crippen molar-refractivity contribution in [3.05, 3.63) is 17.0 Å². The lowest BCUT2D eigenvalue weighted by molar-refractivity contribution is -0.157. The highest BCUT2D eigenvalue weighted by molar-refractivity contribution is 5.97. The van der Waals surface area contributed by atoms with Crippen LogP contribution in [0.5, 0.6) is 0 Å². The van der Waals surface area contributed by atoms with Crippen LogP contribution in [0.4, 0.5) is 0 Å². The number of fused-ring (bicyclic) bond motifs is 1. The lowest BCUT2D eigenvalue weighted by Crippen LogP contribution is -2.45. The van der Waals surface area contributed by atoms with Gasteiger partial charge in [0.2, 0.25) is 0 Å². The predicted molar refractivity (Wildman–Crippen MR) is 86.9 cm³/mol. The number of ether oxygens (including phenoxy) is 1. The molecule has 0 radical (unpaired) electrons. The summed E-state index contributed by atoms with van der Waals surface area (Å²) in [6.45, 7) is 8.12. The van der Waals surface area contributed by atoms with Gasteiger partial charge in [0.25, 0.3) is 5.91 Å². The summed E-state index contributed by atoms with van der Waals surface area (Å²) in [5.41, 5.74) is 1.31. The molecule has 3 rings (SSSR count). The molecule has 24 heavy (non-hydrogen) atoms. The molecule has 2 saturated heterocycles. The minimum absolute atomic E-state index is 0.109. The van der Waals surface area contributed by atoms with Crippen LogP contribution in [0.2, 0.25) is 0 Å². The average molecular weight is 335 g/mol. The van der Waals surface area contributed by atoms with Crippen molar-refractivity contribution in [2.24, 2.45) is 11.3 Å². The number of carboxylic acids is 1. The number of hydrogen-bond acceptors (Lipinski definition) is 4. The molecule has 2 atom stereocenters. The van der Waals surface area contributed by atoms with Crippen molar-refractivity contribution >= 4 is 11.9 Å². The third-order valence-electron chi connectivity index (χ3n) is 5.45. The third kappa shape index (κ3) is 2.51. The van der Waals surface area contributed by atoms with Gasteiger partial charge < -0.3 is 14.7 Å². The summed E-state index contributed by atoms with van der Waals surface area (Å²) in [6.07, 6.45) is 1.41. The second-order valence-corrected chi connectivity index (χ2v) is 6.94. The van der Waals surface area contributed by atoms with Crippen molar-refractivity contribution in [1.29, 1.82) is 0 Å². The van der Waals surface area contributed by atoms with Crippen LogP contribution in [0.3, 0.4) is 0 Å². The van der Waals surface area contributed by atoms with Crippen LogP contribution in [0.15, 0.2) is 0 Å². The predicted octanol–water partition coefficient (Wildman–Crippen LogP) is 1.47. The summed E-state index contributed by atoms with van der Waals surface area (Å²) < 4.78 is 7.32. The number of aliphatic carboxylic acids is 1. The molecule has 0 spiro atoms. The molecule has 1 N–H and O–H groups in total. The number of aryl methyl sites for hydroxylation is 2. The molecule has 1 amide bonds. The molecule has 2 aliphatic rings. The molecule has 0 unspecified atom stereocenters. The van der Waals surface area contributed by atoms with Crippen LogP contribution in [0.1, 0.15) is 41.5 Å². The minimum atomic E-state index is -0.866. The quantitative estimate of drug-likeness (QED) is 0.901. The van der Waals surface area contributed by atoms with Gasteiger partial charge in [-0.1, -0.05) is 6.92 Å². The largest absolute Gasteiger partial charge is 0.481 e. The zero-order chi connectivity index (χ0) is 17.5. The number of carboxylic acid groups (broad SMARTS) is 1. The van der Waals surface area contributed by atoms with Crippen LogP contribution in [-0.4, -0.2) is 58.0 Å². The van der Waals surface area contributed by atoms with E-state index in [4.69, 9.17) is 4.74 Å². The van der Waals surface area contributed by atoms with E-state index in [1.807, 2.05) is 18.5 Å². The van der Waals surface area contributed by atoms with Crippen molar-refractivity contribution in [3.63, 3.8) is 0 Å². The van der Waals surface area contributed by atoms with E-state index < -0.39 is 11.4 Å². The van der Waals surface area contributed by atoms with E-state index in [1.165, 1.54) is 0 Å². The van der Waals surface area contributed by atoms with Gasteiger partial charge in [-0.3, -0.25) is 14.3 Å². The van der Waals surface area contributed by atoms with Crippen LogP contribution < -0.4 is 0 Å². The summed E-state index contributed by atoms with van der Waals surface area (Å²) in [7, 11) is 0. The van der Waals surface area contributed by atoms with Gasteiger partial charge in [0.05, 0.1) is 23.3 Å². The zero-order valence-corrected chi connectivity index (χ0v) is 14.5. The molecule has 1 aromatic rings. The lowest BCUT2D eigenvalue weighted by Gasteiger charge is -2.33. The molecule has 2 fully saturated rings. The van der Waals surface area contributed by atoms with Crippen molar-refractivity contribution < 1.29 is 19.4 Å². The second kappa shape index (κ2) is 6.20. The molecule has 7 heteroatoms. The molecule has 0 saturated carbocycles. The number of aromatic nitrogens is 2. The maximum absolute atomic E-state index is 13.1. The SMILES string of the molecule is CCCn1nc(C)c(C(=O)N2C[C@H]3COCC[C@@]3(C(=O)O)C2)c1C. The number of nitrogens with zero attached hydrogens (tertiary/aromatic N) is 3. The Kier molecular flexibility index (Phi) is 4.38. The number of rotatable bonds is 4. The summed E-state index contributed by atoms with van der Waals surface area (Å²) in [5.74, 6) is -1.07. The fourth-order valence-corrected chi connectivity index (χ4v) is 4.05. The topological polar surface area (TPSA) is 84.7 Å². The fourth-order valence-electron chi connectivity index (χ4n) is 4.05. The average Bonchev–Trinajstić information content (AvgIpc) is 3.07. The van der Waals surface area contributed by atoms with Gasteiger partial charge in [0.1, 0.15) is 0 Å². The van der Waals surface area contributed by atoms with Gasteiger partial charge in [-0.05, 0) is 26.7 Å². The highest BCUT2D eigenvalue weighted by Crippen LogP contribution is 2.43. The van der Waals surface area contributed by atoms with E-state index >= 15 is 0 Å². The van der Waals surface area contributed by atoms with Crippen LogP contribution >= 0.6 is 0 Å². The smallest absolute Gasteiger partial charge is 0.311 e. The Labute approximate surface area is 141 Å². The standard InChI is InChI=1S/C17H25N3O4/c1-4-6-20-12(3)14(11(2)18-20)15(21)19-8-13-9-24-7-5-17(13,10-19)16(22)23/h13H,4-10H2,1-3H3,(H,22,23)/t13-,17+/m0/s1. The first kappa shape index (κ1) is 17.0. The minimum Gasteiger partial charge on any atom is -0.481 e. The number of hydrogen-bond donors (Lipinski definition) is 1. The molecule has 3 heterocycles. The van der Waals surface area contributed by atoms with Crippen molar-refractivity contribution in [3.8, 4) is 0 Å². The number of carbonyl (C=O) groups is 2. The fraction of sp³-hybridized carbons (Fsp3) is 0.706. The first-order valence-electron chi connectivity index (χ1n) is 8.55. The van der Waals surface area contributed by atoms with Crippen LogP contribution in [-0.2, 0) is 16.1 Å². The molecule has 2 aliphatic heterocycles. The summed E-state index contributed by atoms with van der Waals surface area (Å²) >= 11 is 0. The van der Waals surface area contributed by atoms with Gasteiger partial charge in [-0.25, -0.2) is 0 Å². The van der Waals surface area contributed by atoms with Gasteiger partial charge in [0.15, 0.2) is 0 Å². The molecule has 7 nitrogen and oxygen atoms in total. The zero-order valence-electron chi connectivity index (χ0n) is 14.5. The molecule has 0 bridgehead atoms. The van der Waals surface area contributed by atoms with Crippen molar-refractivity contribution in [2.45, 2.75) is 40.2 Å².